The third-order valence-electron chi connectivity index (χ3n) is 3.09. The van der Waals surface area contributed by atoms with Gasteiger partial charge in [-0.25, -0.2) is 0 Å². The van der Waals surface area contributed by atoms with Crippen LogP contribution in [0.1, 0.15) is 25.3 Å². The quantitative estimate of drug-likeness (QED) is 0.831. The molecule has 1 aliphatic heterocycles. The van der Waals surface area contributed by atoms with Crippen LogP contribution < -0.4 is 10.1 Å². The zero-order chi connectivity index (χ0) is 12.8. The maximum atomic E-state index is 10.0. The number of hydrogen-bond acceptors (Lipinski definition) is 4. The average molecular weight is 267 g/mol. The van der Waals surface area contributed by atoms with Crippen LogP contribution in [0.5, 0.6) is 11.5 Å². The topological polar surface area (TPSA) is 41.5 Å². The van der Waals surface area contributed by atoms with E-state index >= 15 is 0 Å². The highest BCUT2D eigenvalue weighted by molar-refractivity contribution is 8.00. The number of hydrogen-bond donors (Lipinski definition) is 2. The Morgan fingerprint density at radius 3 is 3.11 bits per heavy atom. The monoisotopic (exact) mass is 267 g/mol. The molecule has 18 heavy (non-hydrogen) atoms. The van der Waals surface area contributed by atoms with E-state index in [0.29, 0.717) is 18.9 Å². The molecular formula is C14H21NO2S. The fourth-order valence-electron chi connectivity index (χ4n) is 2.16. The van der Waals surface area contributed by atoms with Crippen molar-refractivity contribution < 1.29 is 9.84 Å². The molecule has 3 nitrogen and oxygen atoms in total. The Hall–Kier alpha value is -0.870. The molecule has 1 aromatic rings. The van der Waals surface area contributed by atoms with E-state index in [2.05, 4.69) is 5.32 Å². The van der Waals surface area contributed by atoms with Gasteiger partial charge in [0.15, 0.2) is 11.5 Å². The Kier molecular flexibility index (Phi) is 5.20. The lowest BCUT2D eigenvalue weighted by molar-refractivity contribution is 0.316. The SMILES string of the molecule is CCOc1cccc(CNCC2CCCS2)c1O. The van der Waals surface area contributed by atoms with Crippen LogP contribution >= 0.6 is 11.8 Å². The van der Waals surface area contributed by atoms with Crippen LogP contribution in [-0.2, 0) is 6.54 Å². The van der Waals surface area contributed by atoms with Crippen molar-refractivity contribution >= 4 is 11.8 Å². The molecule has 0 saturated carbocycles. The molecule has 1 aromatic carbocycles. The molecule has 2 N–H and O–H groups in total. The zero-order valence-electron chi connectivity index (χ0n) is 10.8. The largest absolute Gasteiger partial charge is 0.504 e. The van der Waals surface area contributed by atoms with Gasteiger partial charge < -0.3 is 15.2 Å². The first-order chi connectivity index (χ1) is 8.81. The molecule has 1 heterocycles. The highest BCUT2D eigenvalue weighted by Gasteiger charge is 2.15. The maximum absolute atomic E-state index is 10.0. The molecule has 1 atom stereocenters. The van der Waals surface area contributed by atoms with Crippen LogP contribution in [0.3, 0.4) is 0 Å². The first kappa shape index (κ1) is 13.6. The van der Waals surface area contributed by atoms with E-state index in [4.69, 9.17) is 4.74 Å². The zero-order valence-corrected chi connectivity index (χ0v) is 11.6. The van der Waals surface area contributed by atoms with Crippen molar-refractivity contribution in [1.82, 2.24) is 5.32 Å². The van der Waals surface area contributed by atoms with Crippen molar-refractivity contribution in [3.63, 3.8) is 0 Å². The van der Waals surface area contributed by atoms with Gasteiger partial charge in [-0.1, -0.05) is 12.1 Å². The second-order valence-electron chi connectivity index (χ2n) is 4.46. The van der Waals surface area contributed by atoms with E-state index in [-0.39, 0.29) is 5.75 Å². The van der Waals surface area contributed by atoms with Crippen LogP contribution in [0.2, 0.25) is 0 Å². The summed E-state index contributed by atoms with van der Waals surface area (Å²) in [4.78, 5) is 0. The van der Waals surface area contributed by atoms with Crippen molar-refractivity contribution in [2.24, 2.45) is 0 Å². The number of ether oxygens (including phenoxy) is 1. The molecule has 1 aliphatic rings. The van der Waals surface area contributed by atoms with Gasteiger partial charge in [-0.3, -0.25) is 0 Å². The number of rotatable bonds is 6. The lowest BCUT2D eigenvalue weighted by Crippen LogP contribution is -2.22. The molecule has 0 spiro atoms. The second-order valence-corrected chi connectivity index (χ2v) is 5.87. The number of phenolic OH excluding ortho intramolecular Hbond substituents is 1. The van der Waals surface area contributed by atoms with E-state index in [1.165, 1.54) is 18.6 Å². The highest BCUT2D eigenvalue weighted by Crippen LogP contribution is 2.30. The fraction of sp³-hybridized carbons (Fsp3) is 0.571. The molecule has 4 heteroatoms. The van der Waals surface area contributed by atoms with Crippen molar-refractivity contribution in [2.75, 3.05) is 18.9 Å². The van der Waals surface area contributed by atoms with E-state index in [9.17, 15) is 5.11 Å². The lowest BCUT2D eigenvalue weighted by atomic mass is 10.2. The van der Waals surface area contributed by atoms with Gasteiger partial charge in [-0.05, 0) is 31.6 Å². The molecule has 0 bridgehead atoms. The van der Waals surface area contributed by atoms with Crippen molar-refractivity contribution in [1.29, 1.82) is 0 Å². The van der Waals surface area contributed by atoms with Crippen molar-refractivity contribution in [2.45, 2.75) is 31.6 Å². The Morgan fingerprint density at radius 1 is 1.50 bits per heavy atom. The summed E-state index contributed by atoms with van der Waals surface area (Å²) in [7, 11) is 0. The molecule has 1 unspecified atom stereocenters. The van der Waals surface area contributed by atoms with Gasteiger partial charge in [-0.2, -0.15) is 11.8 Å². The maximum Gasteiger partial charge on any atom is 0.162 e. The third kappa shape index (κ3) is 3.56. The average Bonchev–Trinajstić information content (AvgIpc) is 2.87. The fourth-order valence-corrected chi connectivity index (χ4v) is 3.39. The minimum Gasteiger partial charge on any atom is -0.504 e. The summed E-state index contributed by atoms with van der Waals surface area (Å²) in [5.74, 6) is 2.13. The van der Waals surface area contributed by atoms with Crippen LogP contribution in [0.15, 0.2) is 18.2 Å². The van der Waals surface area contributed by atoms with Gasteiger partial charge in [0.1, 0.15) is 0 Å². The normalized spacial score (nSPS) is 19.1. The van der Waals surface area contributed by atoms with Gasteiger partial charge in [0, 0.05) is 23.9 Å². The van der Waals surface area contributed by atoms with Gasteiger partial charge in [0.05, 0.1) is 6.61 Å². The molecule has 100 valence electrons. The Labute approximate surface area is 113 Å². The number of nitrogens with one attached hydrogen (secondary N) is 1. The summed E-state index contributed by atoms with van der Waals surface area (Å²) >= 11 is 2.04. The number of benzene rings is 1. The molecule has 0 amide bonds. The number of phenols is 1. The first-order valence-electron chi connectivity index (χ1n) is 6.57. The molecule has 0 aliphatic carbocycles. The lowest BCUT2D eigenvalue weighted by Gasteiger charge is -2.13. The van der Waals surface area contributed by atoms with E-state index in [1.54, 1.807) is 6.07 Å². The van der Waals surface area contributed by atoms with Crippen LogP contribution in [0.25, 0.3) is 0 Å². The summed E-state index contributed by atoms with van der Waals surface area (Å²) < 4.78 is 5.38. The van der Waals surface area contributed by atoms with Crippen LogP contribution in [0.4, 0.5) is 0 Å². The minimum absolute atomic E-state index is 0.269. The van der Waals surface area contributed by atoms with Crippen LogP contribution in [0, 0.1) is 0 Å². The molecule has 0 aromatic heterocycles. The summed E-state index contributed by atoms with van der Waals surface area (Å²) in [6, 6.07) is 5.66. The van der Waals surface area contributed by atoms with Gasteiger partial charge in [-0.15, -0.1) is 0 Å². The predicted octanol–water partition coefficient (Wildman–Crippen LogP) is 2.78. The number of thioether (sulfide) groups is 1. The number of aromatic hydroxyl groups is 1. The third-order valence-corrected chi connectivity index (χ3v) is 4.49. The number of para-hydroxylation sites is 1. The Balaban J connectivity index is 1.86. The van der Waals surface area contributed by atoms with E-state index in [1.807, 2.05) is 30.8 Å². The predicted molar refractivity (Wildman–Crippen MR) is 76.5 cm³/mol. The second kappa shape index (κ2) is 6.90. The van der Waals surface area contributed by atoms with E-state index < -0.39 is 0 Å². The van der Waals surface area contributed by atoms with Crippen molar-refractivity contribution in [3.05, 3.63) is 23.8 Å². The van der Waals surface area contributed by atoms with Crippen molar-refractivity contribution in [3.8, 4) is 11.5 Å². The summed E-state index contributed by atoms with van der Waals surface area (Å²) in [6.07, 6.45) is 2.64. The summed E-state index contributed by atoms with van der Waals surface area (Å²) in [5.41, 5.74) is 0.906. The Bertz CT molecular complexity index is 378. The molecule has 1 saturated heterocycles. The standard InChI is InChI=1S/C14H21NO2S/c1-2-17-13-7-3-5-11(14(13)16)9-15-10-12-6-4-8-18-12/h3,5,7,12,15-16H,2,4,6,8-10H2,1H3. The Morgan fingerprint density at radius 2 is 2.39 bits per heavy atom. The molecular weight excluding hydrogens is 246 g/mol. The summed E-state index contributed by atoms with van der Waals surface area (Å²) in [6.45, 7) is 4.21. The molecule has 2 rings (SSSR count). The van der Waals surface area contributed by atoms with Crippen LogP contribution in [-0.4, -0.2) is 29.3 Å². The smallest absolute Gasteiger partial charge is 0.162 e. The summed E-state index contributed by atoms with van der Waals surface area (Å²) in [5, 5.41) is 14.2. The van der Waals surface area contributed by atoms with Gasteiger partial charge in [0.25, 0.3) is 0 Å². The van der Waals surface area contributed by atoms with E-state index in [0.717, 1.165) is 17.4 Å². The molecule has 1 fully saturated rings. The highest BCUT2D eigenvalue weighted by atomic mass is 32.2. The molecule has 0 radical (unpaired) electrons. The minimum atomic E-state index is 0.269. The first-order valence-corrected chi connectivity index (χ1v) is 7.62. The van der Waals surface area contributed by atoms with Gasteiger partial charge >= 0.3 is 0 Å². The van der Waals surface area contributed by atoms with Gasteiger partial charge in [0.2, 0.25) is 0 Å².